The standard InChI is InChI=1S/C15H19BrN4O2/c1-12(15(21)18-8-2-3-9-18)22-20-11-10-19(17-20)14-6-4-13(16)5-7-14/h4-7,10-12,17H,2-3,8-9H2,1H3. The number of hydrazine groups is 2. The summed E-state index contributed by atoms with van der Waals surface area (Å²) in [4.78, 5) is 19.7. The highest BCUT2D eigenvalue weighted by atomic mass is 79.9. The number of hydrogen-bond acceptors (Lipinski definition) is 5. The van der Waals surface area contributed by atoms with Crippen LogP contribution >= 0.6 is 15.9 Å². The first-order chi connectivity index (χ1) is 10.6. The van der Waals surface area contributed by atoms with Crippen LogP contribution in [0.4, 0.5) is 5.69 Å². The maximum absolute atomic E-state index is 12.2. The molecule has 0 spiro atoms. The molecule has 1 aromatic carbocycles. The zero-order valence-corrected chi connectivity index (χ0v) is 14.0. The Balaban J connectivity index is 1.53. The monoisotopic (exact) mass is 366 g/mol. The van der Waals surface area contributed by atoms with Crippen molar-refractivity contribution < 1.29 is 9.63 Å². The molecule has 1 atom stereocenters. The van der Waals surface area contributed by atoms with Crippen molar-refractivity contribution in [3.63, 3.8) is 0 Å². The Morgan fingerprint density at radius 1 is 1.23 bits per heavy atom. The van der Waals surface area contributed by atoms with Gasteiger partial charge in [0.25, 0.3) is 5.91 Å². The fourth-order valence-electron chi connectivity index (χ4n) is 2.51. The molecule has 3 rings (SSSR count). The van der Waals surface area contributed by atoms with E-state index < -0.39 is 6.10 Å². The molecule has 6 nitrogen and oxygen atoms in total. The van der Waals surface area contributed by atoms with E-state index in [2.05, 4.69) is 21.5 Å². The van der Waals surface area contributed by atoms with E-state index in [0.29, 0.717) is 0 Å². The first-order valence-corrected chi connectivity index (χ1v) is 8.17. The number of anilines is 1. The number of carbonyl (C=O) groups excluding carboxylic acids is 1. The van der Waals surface area contributed by atoms with Crippen molar-refractivity contribution in [3.05, 3.63) is 41.1 Å². The first-order valence-electron chi connectivity index (χ1n) is 7.38. The molecular formula is C15H19BrN4O2. The second kappa shape index (κ2) is 6.68. The van der Waals surface area contributed by atoms with Crippen LogP contribution in [0.2, 0.25) is 0 Å². The van der Waals surface area contributed by atoms with E-state index in [4.69, 9.17) is 4.84 Å². The molecule has 118 valence electrons. The van der Waals surface area contributed by atoms with Crippen molar-refractivity contribution in [1.29, 1.82) is 0 Å². The summed E-state index contributed by atoms with van der Waals surface area (Å²) in [6.07, 6.45) is 5.24. The van der Waals surface area contributed by atoms with Crippen molar-refractivity contribution in [3.8, 4) is 0 Å². The number of hydrogen-bond donors (Lipinski definition) is 1. The van der Waals surface area contributed by atoms with Gasteiger partial charge in [0.15, 0.2) is 6.10 Å². The third-order valence-corrected chi connectivity index (χ3v) is 4.23. The van der Waals surface area contributed by atoms with E-state index in [9.17, 15) is 4.79 Å². The number of nitrogens with one attached hydrogen (secondary N) is 1. The van der Waals surface area contributed by atoms with Crippen molar-refractivity contribution in [2.75, 3.05) is 18.1 Å². The predicted octanol–water partition coefficient (Wildman–Crippen LogP) is 2.40. The van der Waals surface area contributed by atoms with Gasteiger partial charge < -0.3 is 4.90 Å². The van der Waals surface area contributed by atoms with Crippen molar-refractivity contribution in [2.45, 2.75) is 25.9 Å². The highest BCUT2D eigenvalue weighted by molar-refractivity contribution is 9.10. The summed E-state index contributed by atoms with van der Waals surface area (Å²) in [6, 6.07) is 7.88. The average molecular weight is 367 g/mol. The van der Waals surface area contributed by atoms with Crippen molar-refractivity contribution >= 4 is 27.5 Å². The lowest BCUT2D eigenvalue weighted by Crippen LogP contribution is -2.45. The molecule has 1 amide bonds. The van der Waals surface area contributed by atoms with Crippen LogP contribution in [0.5, 0.6) is 0 Å². The maximum Gasteiger partial charge on any atom is 0.254 e. The van der Waals surface area contributed by atoms with E-state index in [1.807, 2.05) is 40.4 Å². The highest BCUT2D eigenvalue weighted by Gasteiger charge is 2.26. The molecule has 0 saturated carbocycles. The number of nitrogens with zero attached hydrogens (tertiary/aromatic N) is 3. The van der Waals surface area contributed by atoms with Gasteiger partial charge in [-0.05, 0) is 44.0 Å². The largest absolute Gasteiger partial charge is 0.340 e. The summed E-state index contributed by atoms with van der Waals surface area (Å²) < 4.78 is 1.03. The molecular weight excluding hydrogens is 348 g/mol. The number of benzene rings is 1. The van der Waals surface area contributed by atoms with Crippen LogP contribution < -0.4 is 10.5 Å². The summed E-state index contributed by atoms with van der Waals surface area (Å²) in [5.41, 5.74) is 4.03. The molecule has 0 aromatic heterocycles. The zero-order chi connectivity index (χ0) is 15.5. The summed E-state index contributed by atoms with van der Waals surface area (Å²) in [6.45, 7) is 3.44. The van der Waals surface area contributed by atoms with Crippen LogP contribution in [0.1, 0.15) is 19.8 Å². The van der Waals surface area contributed by atoms with Gasteiger partial charge in [0, 0.05) is 23.8 Å². The molecule has 1 aromatic rings. The molecule has 1 N–H and O–H groups in total. The Labute approximate surface area is 138 Å². The minimum atomic E-state index is -0.514. The first kappa shape index (κ1) is 15.3. The van der Waals surface area contributed by atoms with Gasteiger partial charge in [-0.2, -0.15) is 5.17 Å². The lowest BCUT2D eigenvalue weighted by molar-refractivity contribution is -0.196. The second-order valence-electron chi connectivity index (χ2n) is 5.35. The van der Waals surface area contributed by atoms with Gasteiger partial charge in [0.2, 0.25) is 0 Å². The van der Waals surface area contributed by atoms with Crippen molar-refractivity contribution in [2.24, 2.45) is 0 Å². The maximum atomic E-state index is 12.2. The second-order valence-corrected chi connectivity index (χ2v) is 6.27. The van der Waals surface area contributed by atoms with Gasteiger partial charge in [-0.25, -0.2) is 4.84 Å². The predicted molar refractivity (Wildman–Crippen MR) is 87.1 cm³/mol. The number of likely N-dealkylation sites (tertiary alicyclic amines) is 1. The number of rotatable bonds is 4. The van der Waals surface area contributed by atoms with E-state index in [1.54, 1.807) is 13.1 Å². The molecule has 22 heavy (non-hydrogen) atoms. The molecule has 2 aliphatic rings. The molecule has 1 saturated heterocycles. The third kappa shape index (κ3) is 3.43. The normalized spacial score (nSPS) is 19.1. The Kier molecular flexibility index (Phi) is 4.66. The topological polar surface area (TPSA) is 48.1 Å². The van der Waals surface area contributed by atoms with Crippen LogP contribution in [-0.2, 0) is 9.63 Å². The van der Waals surface area contributed by atoms with E-state index in [0.717, 1.165) is 36.1 Å². The third-order valence-electron chi connectivity index (χ3n) is 3.70. The van der Waals surface area contributed by atoms with Crippen LogP contribution in [-0.4, -0.2) is 35.2 Å². The average Bonchev–Trinajstić information content (AvgIpc) is 3.18. The SMILES string of the molecule is CC(ON1C=CN(c2ccc(Br)cc2)N1)C(=O)N1CCCC1. The van der Waals surface area contributed by atoms with Crippen LogP contribution in [0.25, 0.3) is 0 Å². The Morgan fingerprint density at radius 2 is 1.91 bits per heavy atom. The van der Waals surface area contributed by atoms with Gasteiger partial charge in [0.1, 0.15) is 0 Å². The lowest BCUT2D eigenvalue weighted by Gasteiger charge is -2.26. The van der Waals surface area contributed by atoms with Gasteiger partial charge >= 0.3 is 0 Å². The number of halogens is 1. The minimum absolute atomic E-state index is 0.0368. The molecule has 7 heteroatoms. The number of carbonyl (C=O) groups is 1. The Morgan fingerprint density at radius 3 is 2.59 bits per heavy atom. The van der Waals surface area contributed by atoms with Crippen molar-refractivity contribution in [1.82, 2.24) is 15.6 Å². The Hall–Kier alpha value is -1.57. The van der Waals surface area contributed by atoms with E-state index in [-0.39, 0.29) is 5.91 Å². The summed E-state index contributed by atoms with van der Waals surface area (Å²) >= 11 is 3.41. The summed E-state index contributed by atoms with van der Waals surface area (Å²) in [5, 5.41) is 3.28. The van der Waals surface area contributed by atoms with Gasteiger partial charge in [-0.1, -0.05) is 15.9 Å². The van der Waals surface area contributed by atoms with E-state index in [1.165, 1.54) is 5.17 Å². The van der Waals surface area contributed by atoms with Gasteiger partial charge in [-0.15, -0.1) is 5.53 Å². The van der Waals surface area contributed by atoms with Gasteiger partial charge in [-0.3, -0.25) is 9.80 Å². The molecule has 1 fully saturated rings. The zero-order valence-electron chi connectivity index (χ0n) is 12.4. The Bertz CT molecular complexity index is 557. The summed E-state index contributed by atoms with van der Waals surface area (Å²) in [5.74, 6) is 0.0368. The fraction of sp³-hybridized carbons (Fsp3) is 0.400. The number of amides is 1. The highest BCUT2D eigenvalue weighted by Crippen LogP contribution is 2.20. The lowest BCUT2D eigenvalue weighted by atomic mass is 10.3. The molecule has 1 unspecified atom stereocenters. The number of hydroxylamine groups is 1. The fourth-order valence-corrected chi connectivity index (χ4v) is 2.78. The summed E-state index contributed by atoms with van der Waals surface area (Å²) in [7, 11) is 0. The van der Waals surface area contributed by atoms with Gasteiger partial charge in [0.05, 0.1) is 11.9 Å². The molecule has 2 aliphatic heterocycles. The molecule has 2 heterocycles. The van der Waals surface area contributed by atoms with Crippen LogP contribution in [0.15, 0.2) is 41.1 Å². The minimum Gasteiger partial charge on any atom is -0.340 e. The quantitative estimate of drug-likeness (QED) is 0.886. The molecule has 0 bridgehead atoms. The van der Waals surface area contributed by atoms with E-state index >= 15 is 0 Å². The molecule has 0 radical (unpaired) electrons. The smallest absolute Gasteiger partial charge is 0.254 e. The van der Waals surface area contributed by atoms with Crippen LogP contribution in [0, 0.1) is 0 Å². The van der Waals surface area contributed by atoms with Crippen LogP contribution in [0.3, 0.4) is 0 Å². The molecule has 0 aliphatic carbocycles.